The molecule has 1 aliphatic rings. The molecule has 20 heavy (non-hydrogen) atoms. The van der Waals surface area contributed by atoms with Crippen LogP contribution in [0.15, 0.2) is 22.7 Å². The quantitative estimate of drug-likeness (QED) is 0.923. The molecule has 1 fully saturated rings. The normalized spacial score (nSPS) is 16.4. The van der Waals surface area contributed by atoms with Gasteiger partial charge in [-0.2, -0.15) is 5.26 Å². The molecule has 106 valence electrons. The Labute approximate surface area is 127 Å². The van der Waals surface area contributed by atoms with Gasteiger partial charge in [0.2, 0.25) is 5.91 Å². The molecular weight excluding hydrogens is 318 g/mol. The number of hydrogen-bond acceptors (Lipinski definition) is 3. The van der Waals surface area contributed by atoms with E-state index in [1.165, 1.54) is 6.42 Å². The minimum atomic E-state index is -0.325. The van der Waals surface area contributed by atoms with Crippen molar-refractivity contribution in [3.05, 3.63) is 28.2 Å². The van der Waals surface area contributed by atoms with Crippen molar-refractivity contribution in [2.45, 2.75) is 32.2 Å². The summed E-state index contributed by atoms with van der Waals surface area (Å²) in [7, 11) is 0. The molecule has 1 amide bonds. The number of rotatable bonds is 3. The van der Waals surface area contributed by atoms with Gasteiger partial charge >= 0.3 is 0 Å². The molecule has 0 radical (unpaired) electrons. The van der Waals surface area contributed by atoms with Crippen LogP contribution in [-0.2, 0) is 4.79 Å². The predicted molar refractivity (Wildman–Crippen MR) is 82.4 cm³/mol. The molecule has 1 N–H and O–H groups in total. The molecule has 1 aliphatic heterocycles. The highest BCUT2D eigenvalue weighted by Gasteiger charge is 2.22. The molecule has 1 heterocycles. The largest absolute Gasteiger partial charge is 0.373 e. The van der Waals surface area contributed by atoms with Crippen LogP contribution in [0.2, 0.25) is 0 Å². The summed E-state index contributed by atoms with van der Waals surface area (Å²) in [5.74, 6) is 0.105. The zero-order chi connectivity index (χ0) is 14.5. The van der Waals surface area contributed by atoms with Crippen LogP contribution in [0.1, 0.15) is 31.7 Å². The van der Waals surface area contributed by atoms with E-state index in [1.807, 2.05) is 24.0 Å². The van der Waals surface area contributed by atoms with Gasteiger partial charge in [0.25, 0.3) is 0 Å². The van der Waals surface area contributed by atoms with Crippen molar-refractivity contribution in [1.82, 2.24) is 4.90 Å². The Balaban J connectivity index is 2.07. The van der Waals surface area contributed by atoms with Crippen LogP contribution < -0.4 is 5.32 Å². The smallest absolute Gasteiger partial charge is 0.244 e. The van der Waals surface area contributed by atoms with Gasteiger partial charge in [-0.25, -0.2) is 0 Å². The fourth-order valence-electron chi connectivity index (χ4n) is 2.42. The molecule has 0 saturated carbocycles. The van der Waals surface area contributed by atoms with E-state index in [0.717, 1.165) is 30.4 Å². The number of nitrogens with zero attached hydrogens (tertiary/aromatic N) is 2. The molecule has 5 heteroatoms. The first-order valence-electron chi connectivity index (χ1n) is 6.87. The van der Waals surface area contributed by atoms with Crippen LogP contribution in [0.5, 0.6) is 0 Å². The molecule has 1 atom stereocenters. The summed E-state index contributed by atoms with van der Waals surface area (Å²) in [5.41, 5.74) is 1.24. The van der Waals surface area contributed by atoms with E-state index in [-0.39, 0.29) is 11.9 Å². The van der Waals surface area contributed by atoms with Gasteiger partial charge in [-0.1, -0.05) is 15.9 Å². The molecule has 0 bridgehead atoms. The number of likely N-dealkylation sites (tertiary alicyclic amines) is 1. The zero-order valence-electron chi connectivity index (χ0n) is 11.5. The van der Waals surface area contributed by atoms with Crippen LogP contribution in [0.3, 0.4) is 0 Å². The standard InChI is InChI=1S/C15H18BrN3O/c1-11(15(20)19-7-3-2-4-8-19)18-14-9-13(16)6-5-12(14)10-17/h5-6,9,11,18H,2-4,7-8H2,1H3. The van der Waals surface area contributed by atoms with Gasteiger partial charge in [0, 0.05) is 17.6 Å². The average molecular weight is 336 g/mol. The fourth-order valence-corrected chi connectivity index (χ4v) is 2.78. The highest BCUT2D eigenvalue weighted by atomic mass is 79.9. The number of hydrogen-bond donors (Lipinski definition) is 1. The highest BCUT2D eigenvalue weighted by molar-refractivity contribution is 9.10. The summed E-state index contributed by atoms with van der Waals surface area (Å²) >= 11 is 3.38. The summed E-state index contributed by atoms with van der Waals surface area (Å²) in [6, 6.07) is 7.21. The topological polar surface area (TPSA) is 56.1 Å². The van der Waals surface area contributed by atoms with Gasteiger partial charge in [0.15, 0.2) is 0 Å². The van der Waals surface area contributed by atoms with Crippen molar-refractivity contribution < 1.29 is 4.79 Å². The van der Waals surface area contributed by atoms with E-state index in [1.54, 1.807) is 6.07 Å². The fraction of sp³-hybridized carbons (Fsp3) is 0.467. The van der Waals surface area contributed by atoms with Crippen LogP contribution >= 0.6 is 15.9 Å². The Morgan fingerprint density at radius 3 is 2.75 bits per heavy atom. The predicted octanol–water partition coefficient (Wildman–Crippen LogP) is 3.13. The first kappa shape index (κ1) is 14.9. The van der Waals surface area contributed by atoms with Crippen LogP contribution in [0.25, 0.3) is 0 Å². The number of anilines is 1. The van der Waals surface area contributed by atoms with E-state index < -0.39 is 0 Å². The lowest BCUT2D eigenvalue weighted by atomic mass is 10.1. The lowest BCUT2D eigenvalue weighted by Gasteiger charge is -2.29. The Morgan fingerprint density at radius 1 is 1.40 bits per heavy atom. The Morgan fingerprint density at radius 2 is 2.10 bits per heavy atom. The SMILES string of the molecule is CC(Nc1cc(Br)ccc1C#N)C(=O)N1CCCCC1. The molecular formula is C15H18BrN3O. The van der Waals surface area contributed by atoms with Crippen molar-refractivity contribution in [3.8, 4) is 6.07 Å². The maximum absolute atomic E-state index is 12.4. The highest BCUT2D eigenvalue weighted by Crippen LogP contribution is 2.22. The lowest BCUT2D eigenvalue weighted by molar-refractivity contribution is -0.132. The van der Waals surface area contributed by atoms with Crippen LogP contribution in [-0.4, -0.2) is 29.9 Å². The maximum Gasteiger partial charge on any atom is 0.244 e. The maximum atomic E-state index is 12.4. The van der Waals surface area contributed by atoms with Crippen molar-refractivity contribution >= 4 is 27.5 Å². The number of nitrogens with one attached hydrogen (secondary N) is 1. The summed E-state index contributed by atoms with van der Waals surface area (Å²) in [5, 5.41) is 12.3. The average Bonchev–Trinajstić information content (AvgIpc) is 2.47. The molecule has 2 rings (SSSR count). The molecule has 1 unspecified atom stereocenters. The number of piperidine rings is 1. The number of benzene rings is 1. The van der Waals surface area contributed by atoms with Gasteiger partial charge in [-0.15, -0.1) is 0 Å². The second-order valence-electron chi connectivity index (χ2n) is 5.05. The minimum Gasteiger partial charge on any atom is -0.373 e. The second-order valence-corrected chi connectivity index (χ2v) is 5.97. The van der Waals surface area contributed by atoms with Crippen molar-refractivity contribution in [2.24, 2.45) is 0 Å². The third kappa shape index (κ3) is 3.51. The number of carbonyl (C=O) groups excluding carboxylic acids is 1. The lowest BCUT2D eigenvalue weighted by Crippen LogP contribution is -2.44. The first-order chi connectivity index (χ1) is 9.61. The molecule has 1 aromatic rings. The zero-order valence-corrected chi connectivity index (χ0v) is 13.1. The van der Waals surface area contributed by atoms with E-state index in [2.05, 4.69) is 27.3 Å². The Bertz CT molecular complexity index is 532. The monoisotopic (exact) mass is 335 g/mol. The molecule has 1 saturated heterocycles. The third-order valence-electron chi connectivity index (χ3n) is 3.51. The van der Waals surface area contributed by atoms with E-state index in [4.69, 9.17) is 5.26 Å². The number of carbonyl (C=O) groups is 1. The summed E-state index contributed by atoms with van der Waals surface area (Å²) in [6.07, 6.45) is 3.37. The summed E-state index contributed by atoms with van der Waals surface area (Å²) in [4.78, 5) is 14.3. The van der Waals surface area contributed by atoms with Gasteiger partial charge in [0.1, 0.15) is 12.1 Å². The Hall–Kier alpha value is -1.54. The van der Waals surface area contributed by atoms with Crippen molar-refractivity contribution in [3.63, 3.8) is 0 Å². The van der Waals surface area contributed by atoms with Gasteiger partial charge in [-0.05, 0) is 44.4 Å². The molecule has 0 spiro atoms. The third-order valence-corrected chi connectivity index (χ3v) is 4.01. The first-order valence-corrected chi connectivity index (χ1v) is 7.66. The minimum absolute atomic E-state index is 0.105. The van der Waals surface area contributed by atoms with E-state index in [9.17, 15) is 4.79 Å². The van der Waals surface area contributed by atoms with Gasteiger partial charge in [-0.3, -0.25) is 4.79 Å². The Kier molecular flexibility index (Phi) is 5.02. The van der Waals surface area contributed by atoms with E-state index >= 15 is 0 Å². The van der Waals surface area contributed by atoms with Gasteiger partial charge < -0.3 is 10.2 Å². The summed E-state index contributed by atoms with van der Waals surface area (Å²) in [6.45, 7) is 3.53. The number of halogens is 1. The number of nitriles is 1. The second kappa shape index (κ2) is 6.76. The van der Waals surface area contributed by atoms with Crippen LogP contribution in [0.4, 0.5) is 5.69 Å². The summed E-state index contributed by atoms with van der Waals surface area (Å²) < 4.78 is 0.886. The van der Waals surface area contributed by atoms with Crippen LogP contribution in [0, 0.1) is 11.3 Å². The van der Waals surface area contributed by atoms with Crippen molar-refractivity contribution in [2.75, 3.05) is 18.4 Å². The van der Waals surface area contributed by atoms with E-state index in [0.29, 0.717) is 11.3 Å². The molecule has 4 nitrogen and oxygen atoms in total. The molecule has 0 aliphatic carbocycles. The molecule has 0 aromatic heterocycles. The van der Waals surface area contributed by atoms with Gasteiger partial charge in [0.05, 0.1) is 11.3 Å². The number of amides is 1. The molecule has 1 aromatic carbocycles. The van der Waals surface area contributed by atoms with Crippen molar-refractivity contribution in [1.29, 1.82) is 5.26 Å².